The van der Waals surface area contributed by atoms with Gasteiger partial charge >= 0.3 is 5.97 Å². The van der Waals surface area contributed by atoms with E-state index in [9.17, 15) is 13.2 Å². The Morgan fingerprint density at radius 2 is 2.19 bits per heavy atom. The molecule has 1 aromatic heterocycles. The molecule has 3 rings (SSSR count). The van der Waals surface area contributed by atoms with Gasteiger partial charge < -0.3 is 14.6 Å². The van der Waals surface area contributed by atoms with Crippen LogP contribution in [0.25, 0.3) is 11.0 Å². The number of carbonyl (C=O) groups excluding carboxylic acids is 1. The van der Waals surface area contributed by atoms with Crippen molar-refractivity contribution in [1.82, 2.24) is 14.9 Å². The molecule has 1 aromatic carbocycles. The fraction of sp³-hybridized carbons (Fsp3) is 0.385. The number of aromatic nitrogens is 2. The molecule has 0 aliphatic carbocycles. The number of sulfone groups is 1. The van der Waals surface area contributed by atoms with E-state index in [1.807, 2.05) is 4.57 Å². The number of nitrogens with one attached hydrogen (secondary N) is 1. The molecule has 0 spiro atoms. The average molecular weight is 309 g/mol. The fourth-order valence-corrected chi connectivity index (χ4v) is 3.42. The molecule has 2 heterocycles. The van der Waals surface area contributed by atoms with Crippen LogP contribution in [0.15, 0.2) is 17.0 Å². The van der Waals surface area contributed by atoms with E-state index in [4.69, 9.17) is 0 Å². The Labute approximate surface area is 121 Å². The summed E-state index contributed by atoms with van der Waals surface area (Å²) in [6, 6.07) is 3.00. The molecule has 1 aliphatic rings. The third-order valence-electron chi connectivity index (χ3n) is 3.53. The van der Waals surface area contributed by atoms with Crippen LogP contribution < -0.4 is 5.32 Å². The molecule has 0 atom stereocenters. The predicted molar refractivity (Wildman–Crippen MR) is 75.9 cm³/mol. The quantitative estimate of drug-likeness (QED) is 0.804. The highest BCUT2D eigenvalue weighted by atomic mass is 32.2. The Morgan fingerprint density at radius 1 is 1.43 bits per heavy atom. The summed E-state index contributed by atoms with van der Waals surface area (Å²) in [5.41, 5.74) is 1.34. The van der Waals surface area contributed by atoms with Gasteiger partial charge in [-0.3, -0.25) is 0 Å². The number of fused-ring (bicyclic) bond motifs is 3. The Kier molecular flexibility index (Phi) is 3.22. The number of hydrogen-bond acceptors (Lipinski definition) is 6. The van der Waals surface area contributed by atoms with Gasteiger partial charge in [0.2, 0.25) is 0 Å². The van der Waals surface area contributed by atoms with Crippen molar-refractivity contribution >= 4 is 26.8 Å². The van der Waals surface area contributed by atoms with Gasteiger partial charge in [-0.1, -0.05) is 0 Å². The van der Waals surface area contributed by atoms with Crippen molar-refractivity contribution < 1.29 is 17.9 Å². The summed E-state index contributed by atoms with van der Waals surface area (Å²) in [6.45, 7) is 2.13. The average Bonchev–Trinajstić information content (AvgIpc) is 2.81. The summed E-state index contributed by atoms with van der Waals surface area (Å²) in [5, 5.41) is 3.20. The Bertz CT molecular complexity index is 839. The van der Waals surface area contributed by atoms with E-state index in [1.54, 1.807) is 0 Å². The first kappa shape index (κ1) is 14.0. The minimum atomic E-state index is -3.54. The molecule has 0 saturated carbocycles. The molecule has 1 N–H and O–H groups in total. The minimum absolute atomic E-state index is 0.0240. The Hall–Kier alpha value is -1.93. The van der Waals surface area contributed by atoms with Crippen molar-refractivity contribution in [2.75, 3.05) is 19.9 Å². The van der Waals surface area contributed by atoms with Crippen molar-refractivity contribution in [2.45, 2.75) is 18.0 Å². The van der Waals surface area contributed by atoms with E-state index < -0.39 is 15.8 Å². The van der Waals surface area contributed by atoms with Crippen LogP contribution in [-0.2, 0) is 27.7 Å². The van der Waals surface area contributed by atoms with Crippen LogP contribution in [0.4, 0.5) is 0 Å². The minimum Gasteiger partial charge on any atom is -0.465 e. The van der Waals surface area contributed by atoms with E-state index in [0.717, 1.165) is 24.1 Å². The predicted octanol–water partition coefficient (Wildman–Crippen LogP) is 0.330. The number of carbonyl (C=O) groups is 1. The summed E-state index contributed by atoms with van der Waals surface area (Å²) >= 11 is 0. The molecule has 0 saturated heterocycles. The first-order valence-corrected chi connectivity index (χ1v) is 8.33. The zero-order valence-electron chi connectivity index (χ0n) is 11.7. The number of hydrogen-bond donors (Lipinski definition) is 1. The number of imidazole rings is 1. The van der Waals surface area contributed by atoms with Crippen molar-refractivity contribution in [3.8, 4) is 0 Å². The number of ether oxygens (including phenoxy) is 1. The maximum absolute atomic E-state index is 12.0. The van der Waals surface area contributed by atoms with Crippen LogP contribution in [0.1, 0.15) is 16.2 Å². The van der Waals surface area contributed by atoms with Crippen molar-refractivity contribution in [3.05, 3.63) is 23.5 Å². The van der Waals surface area contributed by atoms with E-state index >= 15 is 0 Å². The molecule has 21 heavy (non-hydrogen) atoms. The van der Waals surface area contributed by atoms with Gasteiger partial charge in [-0.2, -0.15) is 0 Å². The lowest BCUT2D eigenvalue weighted by molar-refractivity contribution is 0.0596. The second-order valence-electron chi connectivity index (χ2n) is 4.96. The lowest BCUT2D eigenvalue weighted by atomic mass is 10.2. The molecule has 0 amide bonds. The number of rotatable bonds is 2. The third-order valence-corrected chi connectivity index (χ3v) is 4.67. The fourth-order valence-electron chi connectivity index (χ4n) is 2.55. The van der Waals surface area contributed by atoms with E-state index in [2.05, 4.69) is 15.0 Å². The third kappa shape index (κ3) is 2.30. The molecule has 2 aromatic rings. The van der Waals surface area contributed by atoms with Gasteiger partial charge in [-0.25, -0.2) is 18.2 Å². The van der Waals surface area contributed by atoms with E-state index in [-0.39, 0.29) is 10.5 Å². The largest absolute Gasteiger partial charge is 0.465 e. The smallest absolute Gasteiger partial charge is 0.339 e. The number of nitrogens with zero attached hydrogens (tertiary/aromatic N) is 2. The SMILES string of the molecule is COC(=O)c1cc2nc3n(c2cc1S(C)(=O)=O)CCNC3. The summed E-state index contributed by atoms with van der Waals surface area (Å²) < 4.78 is 30.6. The lowest BCUT2D eigenvalue weighted by Crippen LogP contribution is -2.28. The second kappa shape index (κ2) is 4.81. The standard InChI is InChI=1S/C13H15N3O4S/c1-20-13(17)8-5-9-10(6-11(8)21(2,18)19)16-4-3-14-7-12(16)15-9/h5-6,14H,3-4,7H2,1-2H3. The Morgan fingerprint density at radius 3 is 2.86 bits per heavy atom. The summed E-state index contributed by atoms with van der Waals surface area (Å²) in [5.74, 6) is 0.152. The molecule has 0 bridgehead atoms. The normalized spacial score (nSPS) is 15.0. The highest BCUT2D eigenvalue weighted by molar-refractivity contribution is 7.90. The van der Waals surface area contributed by atoms with Crippen LogP contribution >= 0.6 is 0 Å². The lowest BCUT2D eigenvalue weighted by Gasteiger charge is -2.15. The van der Waals surface area contributed by atoms with Gasteiger partial charge in [0.15, 0.2) is 9.84 Å². The highest BCUT2D eigenvalue weighted by Crippen LogP contribution is 2.26. The molecule has 112 valence electrons. The maximum Gasteiger partial charge on any atom is 0.339 e. The van der Waals surface area contributed by atoms with Gasteiger partial charge in [0.05, 0.1) is 35.1 Å². The number of benzene rings is 1. The van der Waals surface area contributed by atoms with Crippen LogP contribution in [0.5, 0.6) is 0 Å². The van der Waals surface area contributed by atoms with Gasteiger partial charge in [-0.05, 0) is 12.1 Å². The van der Waals surface area contributed by atoms with Crippen LogP contribution in [0.2, 0.25) is 0 Å². The Balaban J connectivity index is 2.34. The highest BCUT2D eigenvalue weighted by Gasteiger charge is 2.24. The van der Waals surface area contributed by atoms with Gasteiger partial charge in [0.1, 0.15) is 5.82 Å². The van der Waals surface area contributed by atoms with Crippen LogP contribution in [0, 0.1) is 0 Å². The number of methoxy groups -OCH3 is 1. The molecule has 0 radical (unpaired) electrons. The van der Waals surface area contributed by atoms with Crippen LogP contribution in [0.3, 0.4) is 0 Å². The van der Waals surface area contributed by atoms with Gasteiger partial charge in [0.25, 0.3) is 0 Å². The molecular formula is C13H15N3O4S. The zero-order valence-corrected chi connectivity index (χ0v) is 12.5. The molecular weight excluding hydrogens is 294 g/mol. The zero-order chi connectivity index (χ0) is 15.2. The van der Waals surface area contributed by atoms with Crippen molar-refractivity contribution in [2.24, 2.45) is 0 Å². The maximum atomic E-state index is 12.0. The molecule has 7 nitrogen and oxygen atoms in total. The van der Waals surface area contributed by atoms with Gasteiger partial charge in [0, 0.05) is 19.3 Å². The molecule has 1 aliphatic heterocycles. The monoisotopic (exact) mass is 309 g/mol. The van der Waals surface area contributed by atoms with Gasteiger partial charge in [-0.15, -0.1) is 0 Å². The topological polar surface area (TPSA) is 90.3 Å². The van der Waals surface area contributed by atoms with Crippen molar-refractivity contribution in [1.29, 1.82) is 0 Å². The number of esters is 1. The second-order valence-corrected chi connectivity index (χ2v) is 6.94. The summed E-state index contributed by atoms with van der Waals surface area (Å²) in [4.78, 5) is 16.3. The molecule has 8 heteroatoms. The van der Waals surface area contributed by atoms with Crippen LogP contribution in [-0.4, -0.2) is 43.8 Å². The summed E-state index contributed by atoms with van der Waals surface area (Å²) in [7, 11) is -2.32. The molecule has 0 unspecified atom stereocenters. The van der Waals surface area contributed by atoms with Crippen molar-refractivity contribution in [3.63, 3.8) is 0 Å². The molecule has 0 fully saturated rings. The van der Waals surface area contributed by atoms with E-state index in [1.165, 1.54) is 19.2 Å². The first-order valence-electron chi connectivity index (χ1n) is 6.44. The first-order chi connectivity index (χ1) is 9.91. The summed E-state index contributed by atoms with van der Waals surface area (Å²) in [6.07, 6.45) is 1.08. The van der Waals surface area contributed by atoms with E-state index in [0.29, 0.717) is 18.6 Å².